The van der Waals surface area contributed by atoms with E-state index in [0.29, 0.717) is 0 Å². The number of phenols is 2. The number of rotatable bonds is 6. The fraction of sp³-hybridized carbons (Fsp3) is 0.429. The molecule has 0 aliphatic carbocycles. The molecule has 0 heterocycles. The molecule has 0 fully saturated rings. The molecule has 1 rings (SSSR count). The van der Waals surface area contributed by atoms with E-state index in [1.165, 1.54) is 0 Å². The van der Waals surface area contributed by atoms with Gasteiger partial charge in [-0.1, -0.05) is 19.8 Å². The Hall–Kier alpha value is -2.24. The topological polar surface area (TPSA) is 93.1 Å². The monoisotopic (exact) mass is 282 g/mol. The van der Waals surface area contributed by atoms with Crippen molar-refractivity contribution in [2.75, 3.05) is 6.61 Å². The summed E-state index contributed by atoms with van der Waals surface area (Å²) in [7, 11) is 0. The normalized spacial score (nSPS) is 10.1. The number of benzene rings is 1. The molecule has 1 aromatic carbocycles. The lowest BCUT2D eigenvalue weighted by Crippen LogP contribution is -2.08. The molecule has 110 valence electrons. The zero-order chi connectivity index (χ0) is 15.1. The third-order valence-corrected chi connectivity index (χ3v) is 2.53. The first-order valence-corrected chi connectivity index (χ1v) is 6.37. The van der Waals surface area contributed by atoms with Gasteiger partial charge >= 0.3 is 11.9 Å². The smallest absolute Gasteiger partial charge is 0.338 e. The highest BCUT2D eigenvalue weighted by Crippen LogP contribution is 2.36. The van der Waals surface area contributed by atoms with Crippen molar-refractivity contribution in [2.45, 2.75) is 33.1 Å². The van der Waals surface area contributed by atoms with Crippen molar-refractivity contribution >= 4 is 11.9 Å². The number of hydrogen-bond acceptors (Lipinski definition) is 6. The lowest BCUT2D eigenvalue weighted by Gasteiger charge is -2.09. The molecule has 6 nitrogen and oxygen atoms in total. The van der Waals surface area contributed by atoms with Gasteiger partial charge in [0.25, 0.3) is 0 Å². The van der Waals surface area contributed by atoms with E-state index in [2.05, 4.69) is 0 Å². The number of unbranched alkanes of at least 4 members (excludes halogenated alkanes) is 2. The molecule has 0 saturated heterocycles. The highest BCUT2D eigenvalue weighted by atomic mass is 16.5. The van der Waals surface area contributed by atoms with E-state index in [1.807, 2.05) is 6.92 Å². The minimum Gasteiger partial charge on any atom is -0.504 e. The van der Waals surface area contributed by atoms with Gasteiger partial charge in [0.05, 0.1) is 12.2 Å². The van der Waals surface area contributed by atoms with Gasteiger partial charge in [-0.05, 0) is 18.6 Å². The average Bonchev–Trinajstić information content (AvgIpc) is 2.39. The van der Waals surface area contributed by atoms with E-state index in [-0.39, 0.29) is 17.9 Å². The van der Waals surface area contributed by atoms with Gasteiger partial charge in [0, 0.05) is 6.92 Å². The van der Waals surface area contributed by atoms with Crippen LogP contribution in [0.15, 0.2) is 12.1 Å². The summed E-state index contributed by atoms with van der Waals surface area (Å²) in [6, 6.07) is 2.21. The van der Waals surface area contributed by atoms with Crippen molar-refractivity contribution in [3.05, 3.63) is 17.7 Å². The van der Waals surface area contributed by atoms with E-state index in [4.69, 9.17) is 9.47 Å². The number of aromatic hydroxyl groups is 2. The highest BCUT2D eigenvalue weighted by Gasteiger charge is 2.17. The fourth-order valence-corrected chi connectivity index (χ4v) is 1.54. The van der Waals surface area contributed by atoms with Gasteiger partial charge in [-0.15, -0.1) is 0 Å². The standard InChI is InChI=1S/C14H18O6/c1-3-4-5-6-19-14(18)10-7-11(16)13(17)12(8-10)20-9(2)15/h7-8,16-17H,3-6H2,1-2H3. The van der Waals surface area contributed by atoms with Gasteiger partial charge in [-0.2, -0.15) is 0 Å². The molecule has 0 bridgehead atoms. The molecule has 6 heteroatoms. The van der Waals surface area contributed by atoms with Crippen LogP contribution in [0.1, 0.15) is 43.5 Å². The van der Waals surface area contributed by atoms with Crippen LogP contribution in [-0.2, 0) is 9.53 Å². The molecular weight excluding hydrogens is 264 g/mol. The van der Waals surface area contributed by atoms with E-state index in [1.54, 1.807) is 0 Å². The lowest BCUT2D eigenvalue weighted by atomic mass is 10.2. The molecule has 1 aromatic rings. The summed E-state index contributed by atoms with van der Waals surface area (Å²) < 4.78 is 9.72. The van der Waals surface area contributed by atoms with Gasteiger partial charge in [0.1, 0.15) is 0 Å². The molecular formula is C14H18O6. The summed E-state index contributed by atoms with van der Waals surface area (Å²) in [6.07, 6.45) is 2.71. The zero-order valence-electron chi connectivity index (χ0n) is 11.5. The van der Waals surface area contributed by atoms with Gasteiger partial charge < -0.3 is 19.7 Å². The molecule has 0 aromatic heterocycles. The van der Waals surface area contributed by atoms with Crippen LogP contribution in [0.25, 0.3) is 0 Å². The Bertz CT molecular complexity index is 495. The minimum absolute atomic E-state index is 0.00745. The second kappa shape index (κ2) is 7.37. The van der Waals surface area contributed by atoms with Crippen LogP contribution in [0.3, 0.4) is 0 Å². The SMILES string of the molecule is CCCCCOC(=O)c1cc(O)c(O)c(OC(C)=O)c1. The Kier molecular flexibility index (Phi) is 5.83. The summed E-state index contributed by atoms with van der Waals surface area (Å²) >= 11 is 0. The second-order valence-corrected chi connectivity index (χ2v) is 4.28. The number of carbonyl (C=O) groups excluding carboxylic acids is 2. The van der Waals surface area contributed by atoms with Crippen LogP contribution in [0.4, 0.5) is 0 Å². The first kappa shape index (κ1) is 15.8. The van der Waals surface area contributed by atoms with Crippen molar-refractivity contribution in [3.8, 4) is 17.2 Å². The van der Waals surface area contributed by atoms with Gasteiger partial charge in [0.2, 0.25) is 5.75 Å². The van der Waals surface area contributed by atoms with E-state index >= 15 is 0 Å². The lowest BCUT2D eigenvalue weighted by molar-refractivity contribution is -0.132. The molecule has 0 amide bonds. The Labute approximate surface area is 116 Å². The predicted molar refractivity (Wildman–Crippen MR) is 70.9 cm³/mol. The van der Waals surface area contributed by atoms with Crippen LogP contribution >= 0.6 is 0 Å². The summed E-state index contributed by atoms with van der Waals surface area (Å²) in [5.41, 5.74) is 0.00745. The van der Waals surface area contributed by atoms with E-state index in [9.17, 15) is 19.8 Å². The van der Waals surface area contributed by atoms with Crippen molar-refractivity contribution in [3.63, 3.8) is 0 Å². The largest absolute Gasteiger partial charge is 0.504 e. The molecule has 0 aliphatic heterocycles. The maximum atomic E-state index is 11.8. The summed E-state index contributed by atoms with van der Waals surface area (Å²) in [4.78, 5) is 22.6. The van der Waals surface area contributed by atoms with E-state index in [0.717, 1.165) is 38.3 Å². The number of esters is 2. The molecule has 0 saturated carbocycles. The fourth-order valence-electron chi connectivity index (χ4n) is 1.54. The van der Waals surface area contributed by atoms with Crippen LogP contribution < -0.4 is 4.74 Å². The number of ether oxygens (including phenoxy) is 2. The quantitative estimate of drug-likeness (QED) is 0.360. The van der Waals surface area contributed by atoms with E-state index < -0.39 is 23.4 Å². The van der Waals surface area contributed by atoms with Crippen molar-refractivity contribution in [2.24, 2.45) is 0 Å². The molecule has 0 spiro atoms. The minimum atomic E-state index is -0.673. The van der Waals surface area contributed by atoms with Crippen LogP contribution in [0.5, 0.6) is 17.2 Å². The van der Waals surface area contributed by atoms with Gasteiger partial charge in [0.15, 0.2) is 11.5 Å². The van der Waals surface area contributed by atoms with Crippen LogP contribution in [-0.4, -0.2) is 28.8 Å². The Balaban J connectivity index is 2.81. The maximum Gasteiger partial charge on any atom is 0.338 e. The first-order chi connectivity index (χ1) is 9.45. The summed E-state index contributed by atoms with van der Waals surface area (Å²) in [6.45, 7) is 3.45. The number of phenolic OH excluding ortho intramolecular Hbond substituents is 2. The summed E-state index contributed by atoms with van der Waals surface area (Å²) in [5.74, 6) is -2.75. The number of hydrogen-bond donors (Lipinski definition) is 2. The molecule has 0 aliphatic rings. The Morgan fingerprint density at radius 1 is 1.20 bits per heavy atom. The van der Waals surface area contributed by atoms with Gasteiger partial charge in [-0.3, -0.25) is 4.79 Å². The molecule has 0 radical (unpaired) electrons. The van der Waals surface area contributed by atoms with Crippen LogP contribution in [0, 0.1) is 0 Å². The zero-order valence-corrected chi connectivity index (χ0v) is 11.5. The summed E-state index contributed by atoms with van der Waals surface area (Å²) in [5, 5.41) is 19.0. The highest BCUT2D eigenvalue weighted by molar-refractivity contribution is 5.91. The molecule has 0 atom stereocenters. The Morgan fingerprint density at radius 2 is 1.90 bits per heavy atom. The third-order valence-electron chi connectivity index (χ3n) is 2.53. The third kappa shape index (κ3) is 4.46. The van der Waals surface area contributed by atoms with Crippen LogP contribution in [0.2, 0.25) is 0 Å². The molecule has 2 N–H and O–H groups in total. The van der Waals surface area contributed by atoms with Crippen molar-refractivity contribution in [1.82, 2.24) is 0 Å². The predicted octanol–water partition coefficient (Wildman–Crippen LogP) is 2.37. The second-order valence-electron chi connectivity index (χ2n) is 4.28. The van der Waals surface area contributed by atoms with Gasteiger partial charge in [-0.25, -0.2) is 4.79 Å². The number of carbonyl (C=O) groups is 2. The Morgan fingerprint density at radius 3 is 2.50 bits per heavy atom. The molecule has 20 heavy (non-hydrogen) atoms. The maximum absolute atomic E-state index is 11.8. The average molecular weight is 282 g/mol. The molecule has 0 unspecified atom stereocenters. The van der Waals surface area contributed by atoms with Crippen molar-refractivity contribution in [1.29, 1.82) is 0 Å². The first-order valence-electron chi connectivity index (χ1n) is 6.37. The van der Waals surface area contributed by atoms with Crippen molar-refractivity contribution < 1.29 is 29.3 Å².